The van der Waals surface area contributed by atoms with E-state index >= 15 is 0 Å². The molecule has 1 fully saturated rings. The van der Waals surface area contributed by atoms with Crippen molar-refractivity contribution in [3.8, 4) is 6.07 Å². The number of fused-ring (bicyclic) bond motifs is 1. The molecule has 1 aliphatic heterocycles. The molecular formula is C20H18BrN5. The number of hydrogen-bond donors (Lipinski definition) is 0. The van der Waals surface area contributed by atoms with Gasteiger partial charge in [0, 0.05) is 36.0 Å². The normalized spacial score (nSPS) is 16.4. The highest BCUT2D eigenvalue weighted by molar-refractivity contribution is 9.10. The zero-order valence-electron chi connectivity index (χ0n) is 14.2. The molecule has 2 heterocycles. The molecule has 3 aromatic rings. The zero-order valence-corrected chi connectivity index (χ0v) is 15.8. The first kappa shape index (κ1) is 17.0. The molecule has 130 valence electrons. The lowest BCUT2D eigenvalue weighted by Gasteiger charge is -2.37. The lowest BCUT2D eigenvalue weighted by Crippen LogP contribution is -2.47. The van der Waals surface area contributed by atoms with Crippen molar-refractivity contribution in [1.29, 1.82) is 5.26 Å². The van der Waals surface area contributed by atoms with Crippen LogP contribution in [-0.4, -0.2) is 41.0 Å². The first-order chi connectivity index (χ1) is 12.8. The summed E-state index contributed by atoms with van der Waals surface area (Å²) in [4.78, 5) is 13.4. The molecule has 0 aliphatic carbocycles. The first-order valence-electron chi connectivity index (χ1n) is 8.60. The number of rotatable bonds is 3. The highest BCUT2D eigenvalue weighted by atomic mass is 79.9. The number of aromatic nitrogens is 2. The summed E-state index contributed by atoms with van der Waals surface area (Å²) in [6.07, 6.45) is 1.62. The fourth-order valence-corrected chi connectivity index (χ4v) is 3.82. The predicted molar refractivity (Wildman–Crippen MR) is 106 cm³/mol. The molecule has 0 amide bonds. The van der Waals surface area contributed by atoms with E-state index in [1.165, 1.54) is 0 Å². The third-order valence-electron chi connectivity index (χ3n) is 4.79. The molecule has 4 rings (SSSR count). The lowest BCUT2D eigenvalue weighted by atomic mass is 10.1. The minimum Gasteiger partial charge on any atom is -0.353 e. The molecule has 6 heteroatoms. The topological polar surface area (TPSA) is 56.1 Å². The molecule has 0 saturated carbocycles. The number of anilines is 1. The van der Waals surface area contributed by atoms with Gasteiger partial charge in [-0.15, -0.1) is 0 Å². The average Bonchev–Trinajstić information content (AvgIpc) is 2.69. The van der Waals surface area contributed by atoms with E-state index in [-0.39, 0.29) is 6.04 Å². The van der Waals surface area contributed by atoms with Gasteiger partial charge in [-0.1, -0.05) is 46.3 Å². The summed E-state index contributed by atoms with van der Waals surface area (Å²) in [5, 5.41) is 10.7. The van der Waals surface area contributed by atoms with Crippen molar-refractivity contribution in [2.24, 2.45) is 0 Å². The molecule has 0 radical (unpaired) electrons. The highest BCUT2D eigenvalue weighted by Crippen LogP contribution is 2.28. The van der Waals surface area contributed by atoms with E-state index in [0.29, 0.717) is 0 Å². The molecular weight excluding hydrogens is 390 g/mol. The number of piperazine rings is 1. The summed E-state index contributed by atoms with van der Waals surface area (Å²) in [5.74, 6) is 0.962. The van der Waals surface area contributed by atoms with E-state index in [1.807, 2.05) is 42.5 Å². The van der Waals surface area contributed by atoms with Crippen LogP contribution in [0.15, 0.2) is 59.3 Å². The minimum absolute atomic E-state index is 0.199. The van der Waals surface area contributed by atoms with Crippen molar-refractivity contribution in [1.82, 2.24) is 14.9 Å². The first-order valence-corrected chi connectivity index (χ1v) is 9.39. The number of nitriles is 1. The Bertz CT molecular complexity index is 945. The van der Waals surface area contributed by atoms with Gasteiger partial charge in [-0.3, -0.25) is 4.90 Å². The molecule has 1 aromatic heterocycles. The summed E-state index contributed by atoms with van der Waals surface area (Å²) in [7, 11) is 0. The smallest absolute Gasteiger partial charge is 0.140 e. The Hall–Kier alpha value is -2.49. The standard InChI is InChI=1S/C20H18BrN5/c21-16-6-7-18-17(12-16)20(24-14-23-18)26-10-8-25(9-11-26)19(13-22)15-4-2-1-3-5-15/h1-7,12,14,19H,8-11H2/t19-/m0/s1. The monoisotopic (exact) mass is 407 g/mol. The SMILES string of the molecule is N#C[C@@H](c1ccccc1)N1CCN(c2ncnc3ccc(Br)cc23)CC1. The van der Waals surface area contributed by atoms with Gasteiger partial charge in [0.2, 0.25) is 0 Å². The van der Waals surface area contributed by atoms with Crippen molar-refractivity contribution in [2.75, 3.05) is 31.1 Å². The van der Waals surface area contributed by atoms with Crippen LogP contribution in [-0.2, 0) is 0 Å². The molecule has 1 atom stereocenters. The van der Waals surface area contributed by atoms with Crippen molar-refractivity contribution in [3.63, 3.8) is 0 Å². The molecule has 26 heavy (non-hydrogen) atoms. The molecule has 0 spiro atoms. The van der Waals surface area contributed by atoms with Gasteiger partial charge in [-0.2, -0.15) is 5.26 Å². The van der Waals surface area contributed by atoms with Crippen molar-refractivity contribution < 1.29 is 0 Å². The summed E-state index contributed by atoms with van der Waals surface area (Å²) in [6, 6.07) is 18.3. The Morgan fingerprint density at radius 3 is 2.50 bits per heavy atom. The van der Waals surface area contributed by atoms with Crippen molar-refractivity contribution in [2.45, 2.75) is 6.04 Å². The van der Waals surface area contributed by atoms with Gasteiger partial charge in [0.25, 0.3) is 0 Å². The fraction of sp³-hybridized carbons (Fsp3) is 0.250. The third kappa shape index (κ3) is 3.28. The van der Waals surface area contributed by atoms with Gasteiger partial charge in [0.05, 0.1) is 11.6 Å². The van der Waals surface area contributed by atoms with Gasteiger partial charge in [0.15, 0.2) is 0 Å². The quantitative estimate of drug-likeness (QED) is 0.660. The van der Waals surface area contributed by atoms with Crippen LogP contribution in [0.5, 0.6) is 0 Å². The van der Waals surface area contributed by atoms with Crippen LogP contribution in [0.2, 0.25) is 0 Å². The maximum Gasteiger partial charge on any atom is 0.140 e. The molecule has 5 nitrogen and oxygen atoms in total. The summed E-state index contributed by atoms with van der Waals surface area (Å²) < 4.78 is 1.02. The van der Waals surface area contributed by atoms with Crippen LogP contribution in [0.4, 0.5) is 5.82 Å². The van der Waals surface area contributed by atoms with Crippen LogP contribution in [0.3, 0.4) is 0 Å². The third-order valence-corrected chi connectivity index (χ3v) is 5.29. The molecule has 0 bridgehead atoms. The predicted octanol–water partition coefficient (Wildman–Crippen LogP) is 3.78. The van der Waals surface area contributed by atoms with Crippen LogP contribution in [0.1, 0.15) is 11.6 Å². The Balaban J connectivity index is 1.54. The van der Waals surface area contributed by atoms with E-state index in [2.05, 4.69) is 47.8 Å². The van der Waals surface area contributed by atoms with Crippen LogP contribution >= 0.6 is 15.9 Å². The molecule has 0 unspecified atom stereocenters. The van der Waals surface area contributed by atoms with Gasteiger partial charge in [0.1, 0.15) is 18.2 Å². The van der Waals surface area contributed by atoms with Gasteiger partial charge >= 0.3 is 0 Å². The van der Waals surface area contributed by atoms with Gasteiger partial charge in [-0.05, 0) is 23.8 Å². The lowest BCUT2D eigenvalue weighted by molar-refractivity contribution is 0.222. The number of nitrogens with zero attached hydrogens (tertiary/aromatic N) is 5. The van der Waals surface area contributed by atoms with Crippen molar-refractivity contribution >= 4 is 32.7 Å². The van der Waals surface area contributed by atoms with E-state index in [1.54, 1.807) is 6.33 Å². The minimum atomic E-state index is -0.199. The summed E-state index contributed by atoms with van der Waals surface area (Å²) in [6.45, 7) is 3.33. The number of hydrogen-bond acceptors (Lipinski definition) is 5. The van der Waals surface area contributed by atoms with E-state index in [4.69, 9.17) is 0 Å². The maximum atomic E-state index is 9.66. The second kappa shape index (κ2) is 7.40. The van der Waals surface area contributed by atoms with E-state index < -0.39 is 0 Å². The highest BCUT2D eigenvalue weighted by Gasteiger charge is 2.26. The molecule has 0 N–H and O–H groups in total. The van der Waals surface area contributed by atoms with Crippen LogP contribution in [0.25, 0.3) is 10.9 Å². The Morgan fingerprint density at radius 1 is 1.00 bits per heavy atom. The van der Waals surface area contributed by atoms with Crippen LogP contribution < -0.4 is 4.90 Å². The van der Waals surface area contributed by atoms with Crippen molar-refractivity contribution in [3.05, 3.63) is 64.9 Å². The second-order valence-corrected chi connectivity index (χ2v) is 7.24. The Kier molecular flexibility index (Phi) is 4.83. The molecule has 1 aliphatic rings. The number of benzene rings is 2. The Labute approximate surface area is 161 Å². The van der Waals surface area contributed by atoms with E-state index in [0.717, 1.165) is 52.9 Å². The largest absolute Gasteiger partial charge is 0.353 e. The summed E-state index contributed by atoms with van der Waals surface area (Å²) >= 11 is 3.54. The van der Waals surface area contributed by atoms with Gasteiger partial charge in [-0.25, -0.2) is 9.97 Å². The Morgan fingerprint density at radius 2 is 1.77 bits per heavy atom. The molecule has 1 saturated heterocycles. The fourth-order valence-electron chi connectivity index (χ4n) is 3.46. The summed E-state index contributed by atoms with van der Waals surface area (Å²) in [5.41, 5.74) is 2.00. The zero-order chi connectivity index (χ0) is 17.9. The molecule has 2 aromatic carbocycles. The number of halogens is 1. The van der Waals surface area contributed by atoms with Crippen LogP contribution in [0, 0.1) is 11.3 Å². The maximum absolute atomic E-state index is 9.66. The van der Waals surface area contributed by atoms with E-state index in [9.17, 15) is 5.26 Å². The van der Waals surface area contributed by atoms with Gasteiger partial charge < -0.3 is 4.90 Å². The second-order valence-electron chi connectivity index (χ2n) is 6.32. The average molecular weight is 408 g/mol.